The first kappa shape index (κ1) is 14.9. The second kappa shape index (κ2) is 5.63. The number of hydrogen-bond acceptors (Lipinski definition) is 5. The number of methoxy groups -OCH3 is 1. The minimum Gasteiger partial charge on any atom is -0.388 e. The minimum atomic E-state index is -1.24. The van der Waals surface area contributed by atoms with E-state index in [2.05, 4.69) is 0 Å². The zero-order valence-electron chi connectivity index (χ0n) is 11.0. The van der Waals surface area contributed by atoms with Crippen molar-refractivity contribution in [2.45, 2.75) is 64.3 Å². The van der Waals surface area contributed by atoms with Crippen molar-refractivity contribution in [2.24, 2.45) is 5.41 Å². The van der Waals surface area contributed by atoms with Crippen molar-refractivity contribution in [2.75, 3.05) is 7.11 Å². The summed E-state index contributed by atoms with van der Waals surface area (Å²) in [6, 6.07) is 0. The third-order valence-electron chi connectivity index (χ3n) is 4.10. The van der Waals surface area contributed by atoms with E-state index in [9.17, 15) is 15.3 Å². The highest BCUT2D eigenvalue weighted by Crippen LogP contribution is 2.38. The number of rotatable bonds is 4. The van der Waals surface area contributed by atoms with Gasteiger partial charge in [0.05, 0.1) is 6.10 Å². The molecule has 0 aromatic rings. The summed E-state index contributed by atoms with van der Waals surface area (Å²) in [6.07, 6.45) is -3.37. The van der Waals surface area contributed by atoms with Crippen LogP contribution < -0.4 is 0 Å². The Hall–Kier alpha value is -0.200. The van der Waals surface area contributed by atoms with Crippen LogP contribution in [0.15, 0.2) is 0 Å². The topological polar surface area (TPSA) is 79.2 Å². The Morgan fingerprint density at radius 2 is 1.59 bits per heavy atom. The van der Waals surface area contributed by atoms with Crippen LogP contribution in [0.1, 0.15) is 33.6 Å². The summed E-state index contributed by atoms with van der Waals surface area (Å²) in [7, 11) is 1.41. The molecule has 0 aromatic heterocycles. The van der Waals surface area contributed by atoms with Gasteiger partial charge in [0.25, 0.3) is 0 Å². The van der Waals surface area contributed by atoms with E-state index in [4.69, 9.17) is 9.47 Å². The molecule has 1 fully saturated rings. The third-order valence-corrected chi connectivity index (χ3v) is 4.10. The fourth-order valence-electron chi connectivity index (χ4n) is 2.27. The Morgan fingerprint density at radius 3 is 2.00 bits per heavy atom. The van der Waals surface area contributed by atoms with Crippen molar-refractivity contribution in [1.29, 1.82) is 0 Å². The fourth-order valence-corrected chi connectivity index (χ4v) is 2.27. The predicted octanol–water partition coefficient (Wildman–Crippen LogP) is 0.267. The molecule has 1 aliphatic rings. The highest BCUT2D eigenvalue weighted by molar-refractivity contribution is 4.96. The minimum absolute atomic E-state index is 0.253. The van der Waals surface area contributed by atoms with Gasteiger partial charge in [0.2, 0.25) is 0 Å². The molecule has 0 aliphatic carbocycles. The van der Waals surface area contributed by atoms with Gasteiger partial charge in [-0.2, -0.15) is 0 Å². The maximum atomic E-state index is 10.0. The summed E-state index contributed by atoms with van der Waals surface area (Å²) >= 11 is 0. The van der Waals surface area contributed by atoms with E-state index in [0.717, 1.165) is 12.8 Å². The van der Waals surface area contributed by atoms with Gasteiger partial charge in [0, 0.05) is 7.11 Å². The van der Waals surface area contributed by atoms with Crippen LogP contribution >= 0.6 is 0 Å². The summed E-state index contributed by atoms with van der Waals surface area (Å²) < 4.78 is 10.6. The first-order valence-corrected chi connectivity index (χ1v) is 6.13. The van der Waals surface area contributed by atoms with Gasteiger partial charge in [0.1, 0.15) is 18.3 Å². The zero-order valence-corrected chi connectivity index (χ0v) is 11.0. The van der Waals surface area contributed by atoms with Gasteiger partial charge in [-0.25, -0.2) is 0 Å². The van der Waals surface area contributed by atoms with E-state index in [0.29, 0.717) is 0 Å². The second-order valence-corrected chi connectivity index (χ2v) is 4.99. The molecule has 3 N–H and O–H groups in total. The molecule has 0 aromatic carbocycles. The normalized spacial score (nSPS) is 39.4. The van der Waals surface area contributed by atoms with E-state index >= 15 is 0 Å². The van der Waals surface area contributed by atoms with Crippen LogP contribution in [0.3, 0.4) is 0 Å². The summed E-state index contributed by atoms with van der Waals surface area (Å²) in [6.45, 7) is 6.02. The Morgan fingerprint density at radius 1 is 1.06 bits per heavy atom. The lowest BCUT2D eigenvalue weighted by atomic mass is 9.74. The summed E-state index contributed by atoms with van der Waals surface area (Å²) in [5.41, 5.74) is -0.253. The van der Waals surface area contributed by atoms with Crippen molar-refractivity contribution < 1.29 is 24.8 Å². The maximum absolute atomic E-state index is 10.0. The first-order chi connectivity index (χ1) is 7.91. The molecule has 5 unspecified atom stereocenters. The first-order valence-electron chi connectivity index (χ1n) is 6.13. The van der Waals surface area contributed by atoms with Gasteiger partial charge in [-0.05, 0) is 18.3 Å². The molecule has 0 spiro atoms. The third kappa shape index (κ3) is 2.63. The number of aliphatic hydroxyl groups excluding tert-OH is 3. The van der Waals surface area contributed by atoms with Crippen molar-refractivity contribution in [3.8, 4) is 0 Å². The van der Waals surface area contributed by atoms with E-state index < -0.39 is 30.7 Å². The second-order valence-electron chi connectivity index (χ2n) is 4.99. The molecule has 0 saturated carbocycles. The lowest BCUT2D eigenvalue weighted by Crippen LogP contribution is -2.61. The Labute approximate surface area is 102 Å². The molecular formula is C12H24O5. The molecule has 17 heavy (non-hydrogen) atoms. The Balaban J connectivity index is 2.92. The summed E-state index contributed by atoms with van der Waals surface area (Å²) in [5, 5.41) is 29.5. The highest BCUT2D eigenvalue weighted by atomic mass is 16.7. The lowest BCUT2D eigenvalue weighted by molar-refractivity contribution is -0.309. The SMILES string of the molecule is CCC(C)(CC)C1OC(OC)C(O)C(O)C1O. The van der Waals surface area contributed by atoms with Crippen LogP contribution in [0, 0.1) is 5.41 Å². The van der Waals surface area contributed by atoms with E-state index in [1.54, 1.807) is 0 Å². The molecule has 1 heterocycles. The molecule has 0 bridgehead atoms. The molecule has 1 saturated heterocycles. The number of hydrogen-bond donors (Lipinski definition) is 3. The molecule has 1 aliphatic heterocycles. The predicted molar refractivity (Wildman–Crippen MR) is 62.4 cm³/mol. The maximum Gasteiger partial charge on any atom is 0.186 e. The molecule has 1 rings (SSSR count). The van der Waals surface area contributed by atoms with Gasteiger partial charge in [-0.1, -0.05) is 20.8 Å². The Bertz CT molecular complexity index is 239. The lowest BCUT2D eigenvalue weighted by Gasteiger charge is -2.47. The average molecular weight is 248 g/mol. The molecule has 102 valence electrons. The van der Waals surface area contributed by atoms with Crippen LogP contribution in [0.5, 0.6) is 0 Å². The average Bonchev–Trinajstić information content (AvgIpc) is 2.35. The summed E-state index contributed by atoms with van der Waals surface area (Å²) in [5.74, 6) is 0. The molecule has 0 radical (unpaired) electrons. The smallest absolute Gasteiger partial charge is 0.186 e. The van der Waals surface area contributed by atoms with Crippen molar-refractivity contribution in [3.05, 3.63) is 0 Å². The fraction of sp³-hybridized carbons (Fsp3) is 1.00. The van der Waals surface area contributed by atoms with E-state index in [1.807, 2.05) is 20.8 Å². The van der Waals surface area contributed by atoms with Gasteiger partial charge >= 0.3 is 0 Å². The van der Waals surface area contributed by atoms with Gasteiger partial charge in [-0.3, -0.25) is 0 Å². The van der Waals surface area contributed by atoms with Gasteiger partial charge in [-0.15, -0.1) is 0 Å². The van der Waals surface area contributed by atoms with Crippen LogP contribution in [0.25, 0.3) is 0 Å². The van der Waals surface area contributed by atoms with Crippen molar-refractivity contribution in [1.82, 2.24) is 0 Å². The monoisotopic (exact) mass is 248 g/mol. The molecule has 5 atom stereocenters. The highest BCUT2D eigenvalue weighted by Gasteiger charge is 2.49. The quantitative estimate of drug-likeness (QED) is 0.665. The van der Waals surface area contributed by atoms with Crippen LogP contribution in [-0.4, -0.2) is 53.1 Å². The van der Waals surface area contributed by atoms with Crippen LogP contribution in [0.2, 0.25) is 0 Å². The molecular weight excluding hydrogens is 224 g/mol. The van der Waals surface area contributed by atoms with E-state index in [1.165, 1.54) is 7.11 Å². The summed E-state index contributed by atoms with van der Waals surface area (Å²) in [4.78, 5) is 0. The van der Waals surface area contributed by atoms with Crippen LogP contribution in [-0.2, 0) is 9.47 Å². The van der Waals surface area contributed by atoms with Crippen molar-refractivity contribution >= 4 is 0 Å². The van der Waals surface area contributed by atoms with E-state index in [-0.39, 0.29) is 5.41 Å². The largest absolute Gasteiger partial charge is 0.388 e. The molecule has 0 amide bonds. The van der Waals surface area contributed by atoms with Gasteiger partial charge in [0.15, 0.2) is 6.29 Å². The number of aliphatic hydroxyl groups is 3. The number of ether oxygens (including phenoxy) is 2. The van der Waals surface area contributed by atoms with Crippen molar-refractivity contribution in [3.63, 3.8) is 0 Å². The Kier molecular flexibility index (Phi) is 4.92. The molecule has 5 nitrogen and oxygen atoms in total. The van der Waals surface area contributed by atoms with Gasteiger partial charge < -0.3 is 24.8 Å². The standard InChI is InChI=1S/C12H24O5/c1-5-12(3,6-2)10-8(14)7(13)9(15)11(16-4)17-10/h7-11,13-15H,5-6H2,1-4H3. The zero-order chi connectivity index (χ0) is 13.2. The molecule has 5 heteroatoms. The van der Waals surface area contributed by atoms with Crippen LogP contribution in [0.4, 0.5) is 0 Å².